The van der Waals surface area contributed by atoms with Crippen molar-refractivity contribution in [3.63, 3.8) is 0 Å². The van der Waals surface area contributed by atoms with Gasteiger partial charge in [0.1, 0.15) is 17.5 Å². The van der Waals surface area contributed by atoms with E-state index in [1.54, 1.807) is 29.2 Å². The van der Waals surface area contributed by atoms with Crippen LogP contribution in [0.1, 0.15) is 18.3 Å². The predicted octanol–water partition coefficient (Wildman–Crippen LogP) is 4.15. The number of nitrogens with one attached hydrogen (secondary N) is 1. The third kappa shape index (κ3) is 4.73. The molecule has 1 aliphatic rings. The lowest BCUT2D eigenvalue weighted by Gasteiger charge is -2.39. The topological polar surface area (TPSA) is 61.4 Å². The standard InChI is InChI=1S/C21H21F2N5OS/c1-14-13-27(9-10-28(14)20(29)24-18-4-2-3-17(23)12-18)21-25-19(26-30-21)11-15-5-7-16(22)8-6-15/h2-8,12,14H,9-11,13H2,1H3,(H,24,29). The molecule has 1 aromatic heterocycles. The molecule has 0 aliphatic carbocycles. The van der Waals surface area contributed by atoms with E-state index in [9.17, 15) is 13.6 Å². The van der Waals surface area contributed by atoms with E-state index in [1.807, 2.05) is 6.92 Å². The van der Waals surface area contributed by atoms with Crippen LogP contribution in [0.3, 0.4) is 0 Å². The van der Waals surface area contributed by atoms with E-state index in [1.165, 1.54) is 35.8 Å². The zero-order valence-electron chi connectivity index (χ0n) is 16.4. The maximum absolute atomic E-state index is 13.3. The summed E-state index contributed by atoms with van der Waals surface area (Å²) in [5.74, 6) is 0.0397. The molecule has 1 unspecified atom stereocenters. The molecule has 0 bridgehead atoms. The molecule has 2 aromatic carbocycles. The molecule has 30 heavy (non-hydrogen) atoms. The molecule has 0 spiro atoms. The number of carbonyl (C=O) groups excluding carboxylic acids is 1. The van der Waals surface area contributed by atoms with Crippen LogP contribution in [-0.2, 0) is 6.42 Å². The summed E-state index contributed by atoms with van der Waals surface area (Å²) < 4.78 is 30.8. The second kappa shape index (κ2) is 8.74. The zero-order valence-corrected chi connectivity index (χ0v) is 17.2. The largest absolute Gasteiger partial charge is 0.343 e. The minimum atomic E-state index is -0.390. The SMILES string of the molecule is CC1CN(c2nc(Cc3ccc(F)cc3)ns2)CCN1C(=O)Nc1cccc(F)c1. The third-order valence-corrected chi connectivity index (χ3v) is 5.78. The van der Waals surface area contributed by atoms with Gasteiger partial charge in [-0.1, -0.05) is 18.2 Å². The van der Waals surface area contributed by atoms with Gasteiger partial charge >= 0.3 is 6.03 Å². The van der Waals surface area contributed by atoms with E-state index in [4.69, 9.17) is 0 Å². The first-order valence-electron chi connectivity index (χ1n) is 9.63. The van der Waals surface area contributed by atoms with Crippen molar-refractivity contribution in [3.05, 3.63) is 71.6 Å². The molecule has 0 saturated carbocycles. The van der Waals surface area contributed by atoms with Gasteiger partial charge in [-0.15, -0.1) is 0 Å². The van der Waals surface area contributed by atoms with E-state index in [0.717, 1.165) is 10.7 Å². The van der Waals surface area contributed by atoms with Crippen molar-refractivity contribution in [1.29, 1.82) is 0 Å². The zero-order chi connectivity index (χ0) is 21.1. The summed E-state index contributed by atoms with van der Waals surface area (Å²) >= 11 is 1.32. The summed E-state index contributed by atoms with van der Waals surface area (Å²) in [6.45, 7) is 3.75. The van der Waals surface area contributed by atoms with Crippen LogP contribution in [0.15, 0.2) is 48.5 Å². The average Bonchev–Trinajstić information content (AvgIpc) is 3.18. The Balaban J connectivity index is 1.35. The molecule has 1 aliphatic heterocycles. The van der Waals surface area contributed by atoms with Crippen molar-refractivity contribution in [2.75, 3.05) is 29.9 Å². The number of halogens is 2. The number of piperazine rings is 1. The Morgan fingerprint density at radius 2 is 1.97 bits per heavy atom. The molecule has 156 valence electrons. The lowest BCUT2D eigenvalue weighted by Crippen LogP contribution is -2.55. The van der Waals surface area contributed by atoms with Gasteiger partial charge < -0.3 is 15.1 Å². The van der Waals surface area contributed by atoms with Crippen LogP contribution in [-0.4, -0.2) is 46.0 Å². The summed E-state index contributed by atoms with van der Waals surface area (Å²) in [4.78, 5) is 21.0. The Morgan fingerprint density at radius 1 is 1.17 bits per heavy atom. The Hall–Kier alpha value is -3.07. The van der Waals surface area contributed by atoms with Crippen LogP contribution < -0.4 is 10.2 Å². The number of rotatable bonds is 4. The van der Waals surface area contributed by atoms with Gasteiger partial charge in [0, 0.05) is 49.3 Å². The number of carbonyl (C=O) groups is 1. The first-order chi connectivity index (χ1) is 14.5. The number of nitrogens with zero attached hydrogens (tertiary/aromatic N) is 4. The highest BCUT2D eigenvalue weighted by Gasteiger charge is 2.29. The maximum atomic E-state index is 13.3. The maximum Gasteiger partial charge on any atom is 0.322 e. The second-order valence-corrected chi connectivity index (χ2v) is 7.96. The highest BCUT2D eigenvalue weighted by atomic mass is 32.1. The molecule has 1 atom stereocenters. The highest BCUT2D eigenvalue weighted by Crippen LogP contribution is 2.23. The van der Waals surface area contributed by atoms with Crippen molar-refractivity contribution >= 4 is 28.4 Å². The second-order valence-electron chi connectivity index (χ2n) is 7.23. The van der Waals surface area contributed by atoms with Crippen LogP contribution in [0.2, 0.25) is 0 Å². The molecule has 1 fully saturated rings. The minimum Gasteiger partial charge on any atom is -0.343 e. The lowest BCUT2D eigenvalue weighted by atomic mass is 10.1. The average molecular weight is 429 g/mol. The van der Waals surface area contributed by atoms with Crippen LogP contribution in [0.25, 0.3) is 0 Å². The van der Waals surface area contributed by atoms with Gasteiger partial charge in [-0.05, 0) is 42.8 Å². The molecule has 3 aromatic rings. The number of hydrogen-bond donors (Lipinski definition) is 1. The van der Waals surface area contributed by atoms with Gasteiger partial charge in [-0.25, -0.2) is 18.6 Å². The molecular weight excluding hydrogens is 408 g/mol. The first kappa shape index (κ1) is 20.2. The third-order valence-electron chi connectivity index (χ3n) is 4.97. The summed E-state index contributed by atoms with van der Waals surface area (Å²) in [6, 6.07) is 11.9. The Kier molecular flexibility index (Phi) is 5.89. The number of anilines is 2. The van der Waals surface area contributed by atoms with Gasteiger partial charge in [0.05, 0.1) is 0 Å². The fraction of sp³-hybridized carbons (Fsp3) is 0.286. The number of urea groups is 1. The van der Waals surface area contributed by atoms with Crippen molar-refractivity contribution in [3.8, 4) is 0 Å². The van der Waals surface area contributed by atoms with Gasteiger partial charge in [0.25, 0.3) is 0 Å². The summed E-state index contributed by atoms with van der Waals surface area (Å²) in [5, 5.41) is 3.56. The number of hydrogen-bond acceptors (Lipinski definition) is 5. The highest BCUT2D eigenvalue weighted by molar-refractivity contribution is 7.09. The van der Waals surface area contributed by atoms with Crippen LogP contribution in [0, 0.1) is 11.6 Å². The molecule has 4 rings (SSSR count). The molecule has 2 heterocycles. The quantitative estimate of drug-likeness (QED) is 0.677. The van der Waals surface area contributed by atoms with Crippen molar-refractivity contribution in [2.24, 2.45) is 0 Å². The minimum absolute atomic E-state index is 0.0447. The molecule has 1 saturated heterocycles. The normalized spacial score (nSPS) is 16.6. The Morgan fingerprint density at radius 3 is 2.70 bits per heavy atom. The van der Waals surface area contributed by atoms with Gasteiger partial charge in [0.2, 0.25) is 5.13 Å². The molecule has 6 nitrogen and oxygen atoms in total. The summed E-state index contributed by atoms with van der Waals surface area (Å²) in [5.41, 5.74) is 1.39. The number of amides is 2. The smallest absolute Gasteiger partial charge is 0.322 e. The van der Waals surface area contributed by atoms with E-state index >= 15 is 0 Å². The molecule has 1 N–H and O–H groups in total. The molecule has 9 heteroatoms. The summed E-state index contributed by atoms with van der Waals surface area (Å²) in [7, 11) is 0. The van der Waals surface area contributed by atoms with Crippen LogP contribution >= 0.6 is 11.5 Å². The fourth-order valence-electron chi connectivity index (χ4n) is 3.42. The summed E-state index contributed by atoms with van der Waals surface area (Å²) in [6.07, 6.45) is 0.544. The number of benzene rings is 2. The van der Waals surface area contributed by atoms with Gasteiger partial charge in [-0.2, -0.15) is 4.37 Å². The van der Waals surface area contributed by atoms with E-state index in [-0.39, 0.29) is 17.9 Å². The van der Waals surface area contributed by atoms with Gasteiger partial charge in [0.15, 0.2) is 0 Å². The monoisotopic (exact) mass is 429 g/mol. The van der Waals surface area contributed by atoms with Crippen LogP contribution in [0.4, 0.5) is 24.4 Å². The predicted molar refractivity (Wildman–Crippen MR) is 113 cm³/mol. The van der Waals surface area contributed by atoms with Crippen molar-refractivity contribution in [2.45, 2.75) is 19.4 Å². The Labute approximate surface area is 177 Å². The van der Waals surface area contributed by atoms with Gasteiger partial charge in [-0.3, -0.25) is 0 Å². The lowest BCUT2D eigenvalue weighted by molar-refractivity contribution is 0.185. The van der Waals surface area contributed by atoms with Crippen molar-refractivity contribution < 1.29 is 13.6 Å². The molecular formula is C21H21F2N5OS. The van der Waals surface area contributed by atoms with Crippen LogP contribution in [0.5, 0.6) is 0 Å². The van der Waals surface area contributed by atoms with E-state index < -0.39 is 5.82 Å². The molecule has 2 amide bonds. The van der Waals surface area contributed by atoms with E-state index in [2.05, 4.69) is 19.6 Å². The fourth-order valence-corrected chi connectivity index (χ4v) is 4.14. The van der Waals surface area contributed by atoms with E-state index in [0.29, 0.717) is 37.6 Å². The Bertz CT molecular complexity index is 1030. The van der Waals surface area contributed by atoms with Crippen molar-refractivity contribution in [1.82, 2.24) is 14.3 Å². The number of aromatic nitrogens is 2. The first-order valence-corrected chi connectivity index (χ1v) is 10.4. The molecule has 0 radical (unpaired) electrons.